The van der Waals surface area contributed by atoms with Gasteiger partial charge in [0.05, 0.1) is 16.7 Å². The fourth-order valence-electron chi connectivity index (χ4n) is 3.93. The normalized spacial score (nSPS) is 18.6. The molecule has 0 saturated carbocycles. The average Bonchev–Trinajstić information content (AvgIpc) is 3.57. The molecule has 2 aliphatic heterocycles. The van der Waals surface area contributed by atoms with Crippen molar-refractivity contribution in [1.29, 1.82) is 0 Å². The maximum absolute atomic E-state index is 13.1. The number of carbonyl (C=O) groups is 3. The Labute approximate surface area is 256 Å². The first-order valence-corrected chi connectivity index (χ1v) is 13.9. The smallest absolute Gasteiger partial charge is 0.543 e. The van der Waals surface area contributed by atoms with Crippen LogP contribution in [0.1, 0.15) is 5.69 Å². The van der Waals surface area contributed by atoms with Crippen molar-refractivity contribution < 1.29 is 53.9 Å². The van der Waals surface area contributed by atoms with E-state index in [4.69, 9.17) is 17.0 Å². The van der Waals surface area contributed by atoms with Gasteiger partial charge in [-0.2, -0.15) is 0 Å². The summed E-state index contributed by atoms with van der Waals surface area (Å²) in [7, 11) is 0. The predicted molar refractivity (Wildman–Crippen MR) is 141 cm³/mol. The Morgan fingerprint density at radius 1 is 1.41 bits per heavy atom. The quantitative estimate of drug-likeness (QED) is 0.0496. The van der Waals surface area contributed by atoms with Gasteiger partial charge in [0.2, 0.25) is 0 Å². The van der Waals surface area contributed by atoms with Gasteiger partial charge in [0, 0.05) is 29.3 Å². The van der Waals surface area contributed by atoms with Crippen LogP contribution in [0.5, 0.6) is 0 Å². The van der Waals surface area contributed by atoms with Crippen LogP contribution in [0.3, 0.4) is 0 Å². The van der Waals surface area contributed by atoms with E-state index in [1.165, 1.54) is 28.9 Å². The number of pyridine rings is 1. The number of thiazole rings is 1. The number of hydrogen-bond donors (Lipinski definition) is 2. The van der Waals surface area contributed by atoms with Gasteiger partial charge < -0.3 is 25.8 Å². The summed E-state index contributed by atoms with van der Waals surface area (Å²) in [5.74, 6) is 0.140. The Kier molecular flexibility index (Phi) is 9.26. The van der Waals surface area contributed by atoms with Crippen molar-refractivity contribution in [2.45, 2.75) is 16.4 Å². The molecule has 0 unspecified atom stereocenters. The number of anilines is 1. The molecular formula is C23H18N7NaO5S3. The molecule has 2 amide bonds. The van der Waals surface area contributed by atoms with Crippen LogP contribution in [0.2, 0.25) is 0 Å². The van der Waals surface area contributed by atoms with Crippen LogP contribution in [-0.2, 0) is 19.2 Å². The maximum atomic E-state index is 13.1. The number of hydrogen-bond acceptors (Lipinski definition) is 12. The molecule has 16 heteroatoms. The van der Waals surface area contributed by atoms with Crippen molar-refractivity contribution in [2.75, 3.05) is 23.8 Å². The van der Waals surface area contributed by atoms with Gasteiger partial charge >= 0.3 is 29.6 Å². The van der Waals surface area contributed by atoms with Gasteiger partial charge in [0.1, 0.15) is 22.8 Å². The molecule has 0 aromatic carbocycles. The average molecular weight is 592 g/mol. The number of imidazole rings is 1. The van der Waals surface area contributed by atoms with Crippen molar-refractivity contribution in [3.8, 4) is 12.3 Å². The molecule has 5 rings (SSSR count). The number of aliphatic carboxylic acids is 1. The number of nitrogens with two attached hydrogens (primary N) is 1. The minimum absolute atomic E-state index is 0. The zero-order chi connectivity index (χ0) is 26.8. The predicted octanol–water partition coefficient (Wildman–Crippen LogP) is -3.07. The summed E-state index contributed by atoms with van der Waals surface area (Å²) >= 11 is 3.88. The van der Waals surface area contributed by atoms with Gasteiger partial charge in [-0.15, -0.1) is 41.3 Å². The molecule has 0 bridgehead atoms. The molecule has 1 saturated heterocycles. The van der Waals surface area contributed by atoms with Crippen molar-refractivity contribution in [2.24, 2.45) is 5.16 Å². The molecule has 12 nitrogen and oxygen atoms in total. The van der Waals surface area contributed by atoms with Crippen LogP contribution in [0.4, 0.5) is 5.13 Å². The maximum Gasteiger partial charge on any atom is 1.00 e. The van der Waals surface area contributed by atoms with E-state index in [0.29, 0.717) is 17.1 Å². The van der Waals surface area contributed by atoms with Gasteiger partial charge in [0.25, 0.3) is 11.8 Å². The molecule has 3 N–H and O–H groups in total. The minimum atomic E-state index is -1.45. The number of nitrogens with zero attached hydrogens (tertiary/aromatic N) is 5. The Hall–Kier alpha value is -3.00. The first-order valence-electron chi connectivity index (χ1n) is 11.0. The standard InChI is InChI=1S/C23H19N7O5S3.Na/c1-2-8-35-28-16(13-11-38-23(24)26-13)19(31)27-17-20(32)30-18(22(33)34)12(10-37-21(17)30)9-36-15-5-3-4-14-25-6-7-29(14)15;/h1,3-7,11,17,21H,8-10H2,(H2,24,26)(H,27,31)(H,33,34);/q;+1/p-1/b28-16-;/t17-,21-;/m1./s1. The van der Waals surface area contributed by atoms with E-state index in [-0.39, 0.29) is 58.4 Å². The van der Waals surface area contributed by atoms with E-state index in [1.54, 1.807) is 6.20 Å². The van der Waals surface area contributed by atoms with Crippen LogP contribution in [0, 0.1) is 12.3 Å². The molecule has 39 heavy (non-hydrogen) atoms. The third kappa shape index (κ3) is 5.81. The number of oxime groups is 1. The summed E-state index contributed by atoms with van der Waals surface area (Å²) < 4.78 is 1.89. The number of nitrogens with one attached hydrogen (secondary N) is 1. The number of carbonyl (C=O) groups excluding carboxylic acids is 3. The second kappa shape index (κ2) is 12.5. The number of fused-ring (bicyclic) bond motifs is 2. The number of carboxylic acid groups (broad SMARTS) is 1. The Morgan fingerprint density at radius 3 is 2.95 bits per heavy atom. The van der Waals surface area contributed by atoms with Crippen molar-refractivity contribution >= 4 is 69.1 Å². The molecule has 0 aliphatic carbocycles. The number of β-lactam (4-membered cyclic amide) rings is 1. The molecule has 0 spiro atoms. The Bertz CT molecular complexity index is 1550. The number of amides is 2. The number of carboxylic acids is 1. The first-order chi connectivity index (χ1) is 18.4. The van der Waals surface area contributed by atoms with Gasteiger partial charge in [-0.05, 0) is 17.7 Å². The summed E-state index contributed by atoms with van der Waals surface area (Å²) in [5, 5.41) is 20.4. The summed E-state index contributed by atoms with van der Waals surface area (Å²) in [4.78, 5) is 52.6. The molecule has 2 atom stereocenters. The van der Waals surface area contributed by atoms with Crippen molar-refractivity contribution in [3.05, 3.63) is 52.9 Å². The van der Waals surface area contributed by atoms with Crippen molar-refractivity contribution in [1.82, 2.24) is 24.6 Å². The van der Waals surface area contributed by atoms with E-state index in [9.17, 15) is 19.5 Å². The number of terminal acetylenes is 1. The fraction of sp³-hybridized carbons (Fsp3) is 0.217. The fourth-order valence-corrected chi connectivity index (χ4v) is 6.98. The van der Waals surface area contributed by atoms with Gasteiger partial charge in [-0.3, -0.25) is 18.9 Å². The van der Waals surface area contributed by atoms with Crippen LogP contribution < -0.4 is 45.7 Å². The SMILES string of the molecule is C#CCO/N=C(\C(=O)N[C@@H]1C(=O)N2C(C(=O)[O-])=C(CSc3cccc4nccn34)CS[C@H]12)c1csc(N)n1.[Na+]. The summed E-state index contributed by atoms with van der Waals surface area (Å²) in [6.45, 7) is -0.180. The number of thioether (sulfide) groups is 2. The Balaban J connectivity index is 0.00000353. The van der Waals surface area contributed by atoms with Gasteiger partial charge in [-0.1, -0.05) is 17.1 Å². The third-order valence-corrected chi connectivity index (χ3v) is 8.73. The van der Waals surface area contributed by atoms with E-state index >= 15 is 0 Å². The molecule has 2 aliphatic rings. The zero-order valence-electron chi connectivity index (χ0n) is 20.4. The van der Waals surface area contributed by atoms with Crippen LogP contribution in [0.25, 0.3) is 5.65 Å². The van der Waals surface area contributed by atoms with Crippen LogP contribution in [-0.4, -0.2) is 72.3 Å². The molecule has 194 valence electrons. The van der Waals surface area contributed by atoms with Gasteiger partial charge in [0.15, 0.2) is 17.5 Å². The third-order valence-electron chi connectivity index (χ3n) is 5.60. The van der Waals surface area contributed by atoms with E-state index in [1.807, 2.05) is 28.8 Å². The summed E-state index contributed by atoms with van der Waals surface area (Å²) in [5.41, 5.74) is 6.77. The second-order valence-electron chi connectivity index (χ2n) is 7.90. The molecule has 5 heterocycles. The number of aromatic nitrogens is 3. The number of rotatable bonds is 9. The van der Waals surface area contributed by atoms with E-state index in [0.717, 1.165) is 26.9 Å². The molecule has 3 aromatic rings. The molecule has 1 fully saturated rings. The molecule has 3 aromatic heterocycles. The molecule has 0 radical (unpaired) electrons. The zero-order valence-corrected chi connectivity index (χ0v) is 24.8. The Morgan fingerprint density at radius 2 is 2.23 bits per heavy atom. The number of nitrogen functional groups attached to an aromatic ring is 1. The van der Waals surface area contributed by atoms with Crippen molar-refractivity contribution in [3.63, 3.8) is 0 Å². The van der Waals surface area contributed by atoms with E-state index < -0.39 is 29.2 Å². The van der Waals surface area contributed by atoms with Crippen LogP contribution in [0.15, 0.2) is 57.4 Å². The molecular weight excluding hydrogens is 573 g/mol. The van der Waals surface area contributed by atoms with E-state index in [2.05, 4.69) is 26.4 Å². The monoisotopic (exact) mass is 591 g/mol. The first kappa shape index (κ1) is 29.0. The minimum Gasteiger partial charge on any atom is -0.543 e. The van der Waals surface area contributed by atoms with Crippen LogP contribution >= 0.6 is 34.9 Å². The summed E-state index contributed by atoms with van der Waals surface area (Å²) in [6, 6.07) is 4.65. The second-order valence-corrected chi connectivity index (χ2v) is 10.9. The largest absolute Gasteiger partial charge is 1.00 e. The van der Waals surface area contributed by atoms with Gasteiger partial charge in [-0.25, -0.2) is 9.97 Å². The topological polar surface area (TPSA) is 167 Å². The summed E-state index contributed by atoms with van der Waals surface area (Å²) in [6.07, 6.45) is 8.66.